The van der Waals surface area contributed by atoms with E-state index < -0.39 is 0 Å². The van der Waals surface area contributed by atoms with Crippen molar-refractivity contribution in [2.75, 3.05) is 11.5 Å². The molecule has 2 rings (SSSR count). The molecule has 0 saturated carbocycles. The largest absolute Gasteiger partial charge is 0.383 e. The Balaban J connectivity index is 0.00000162. The third-order valence-electron chi connectivity index (χ3n) is 2.50. The molecule has 0 unspecified atom stereocenters. The summed E-state index contributed by atoms with van der Waals surface area (Å²) in [7, 11) is 0. The maximum atomic E-state index is 5.90. The standard InChI is InChI=1S/C12H13ClN4.Pd/c1-2-9-10(11(14)17-12(15)16-9)7-3-5-8(13)6-4-7;/h3-6H,2H2,1H3,(H4,14,15,16,17);. The zero-order valence-corrected chi connectivity index (χ0v) is 12.1. The van der Waals surface area contributed by atoms with E-state index in [9.17, 15) is 0 Å². The van der Waals surface area contributed by atoms with Crippen LogP contribution in [0.25, 0.3) is 11.1 Å². The summed E-state index contributed by atoms with van der Waals surface area (Å²) in [4.78, 5) is 8.20. The van der Waals surface area contributed by atoms with Gasteiger partial charge in [-0.3, -0.25) is 0 Å². The molecule has 0 amide bonds. The molecule has 98 valence electrons. The van der Waals surface area contributed by atoms with E-state index in [0.29, 0.717) is 10.8 Å². The average molecular weight is 355 g/mol. The number of hydrogen-bond acceptors (Lipinski definition) is 4. The molecule has 0 bridgehead atoms. The molecule has 2 aromatic rings. The molecule has 6 heteroatoms. The molecule has 0 atom stereocenters. The van der Waals surface area contributed by atoms with Gasteiger partial charge in [0.05, 0.1) is 5.69 Å². The van der Waals surface area contributed by atoms with Gasteiger partial charge in [0.15, 0.2) is 0 Å². The van der Waals surface area contributed by atoms with Crippen LogP contribution in [0.5, 0.6) is 0 Å². The van der Waals surface area contributed by atoms with Gasteiger partial charge in [-0.15, -0.1) is 0 Å². The Hall–Kier alpha value is -1.15. The minimum Gasteiger partial charge on any atom is -0.383 e. The molecule has 0 aliphatic heterocycles. The summed E-state index contributed by atoms with van der Waals surface area (Å²) >= 11 is 5.86. The van der Waals surface area contributed by atoms with Crippen molar-refractivity contribution in [2.24, 2.45) is 0 Å². The van der Waals surface area contributed by atoms with Crippen molar-refractivity contribution < 1.29 is 20.4 Å². The maximum absolute atomic E-state index is 5.90. The van der Waals surface area contributed by atoms with Crippen LogP contribution >= 0.6 is 11.6 Å². The van der Waals surface area contributed by atoms with E-state index in [-0.39, 0.29) is 26.4 Å². The number of nitrogens with zero attached hydrogens (tertiary/aromatic N) is 2. The smallest absolute Gasteiger partial charge is 0.222 e. The molecule has 0 fully saturated rings. The number of hydrogen-bond donors (Lipinski definition) is 2. The van der Waals surface area contributed by atoms with Gasteiger partial charge >= 0.3 is 0 Å². The zero-order chi connectivity index (χ0) is 12.4. The fourth-order valence-corrected chi connectivity index (χ4v) is 1.86. The second-order valence-corrected chi connectivity index (χ2v) is 4.09. The first-order chi connectivity index (χ1) is 8.11. The summed E-state index contributed by atoms with van der Waals surface area (Å²) in [6.07, 6.45) is 0.745. The molecule has 4 N–H and O–H groups in total. The molecule has 0 aliphatic rings. The first-order valence-electron chi connectivity index (χ1n) is 5.29. The Kier molecular flexibility index (Phi) is 5.09. The van der Waals surface area contributed by atoms with E-state index in [1.807, 2.05) is 31.2 Å². The number of benzene rings is 1. The van der Waals surface area contributed by atoms with Gasteiger partial charge in [0.1, 0.15) is 5.82 Å². The summed E-state index contributed by atoms with van der Waals surface area (Å²) in [5.74, 6) is 0.605. The van der Waals surface area contributed by atoms with E-state index in [1.165, 1.54) is 0 Å². The van der Waals surface area contributed by atoms with Gasteiger partial charge in [-0.1, -0.05) is 30.7 Å². The summed E-state index contributed by atoms with van der Waals surface area (Å²) < 4.78 is 0. The Bertz CT molecular complexity index is 543. The van der Waals surface area contributed by atoms with Crippen LogP contribution in [0.15, 0.2) is 24.3 Å². The van der Waals surface area contributed by atoms with Crippen molar-refractivity contribution in [1.29, 1.82) is 0 Å². The second kappa shape index (κ2) is 6.15. The van der Waals surface area contributed by atoms with Crippen LogP contribution in [-0.4, -0.2) is 9.97 Å². The minimum absolute atomic E-state index is 0. The van der Waals surface area contributed by atoms with E-state index in [2.05, 4.69) is 9.97 Å². The quantitative estimate of drug-likeness (QED) is 0.812. The Morgan fingerprint density at radius 3 is 2.28 bits per heavy atom. The fraction of sp³-hybridized carbons (Fsp3) is 0.167. The maximum Gasteiger partial charge on any atom is 0.222 e. The van der Waals surface area contributed by atoms with Crippen LogP contribution in [-0.2, 0) is 26.8 Å². The first kappa shape index (κ1) is 14.9. The molecular weight excluding hydrogens is 342 g/mol. The Labute approximate surface area is 124 Å². The van der Waals surface area contributed by atoms with Gasteiger partial charge < -0.3 is 11.5 Å². The normalized spacial score (nSPS) is 9.89. The Morgan fingerprint density at radius 2 is 1.72 bits per heavy atom. The predicted molar refractivity (Wildman–Crippen MR) is 70.7 cm³/mol. The van der Waals surface area contributed by atoms with Crippen LogP contribution in [0.1, 0.15) is 12.6 Å². The Morgan fingerprint density at radius 1 is 1.11 bits per heavy atom. The number of aryl methyl sites for hydroxylation is 1. The third kappa shape index (κ3) is 2.99. The minimum atomic E-state index is 0. The first-order valence-corrected chi connectivity index (χ1v) is 5.67. The van der Waals surface area contributed by atoms with Crippen LogP contribution in [0.2, 0.25) is 5.02 Å². The molecule has 0 saturated heterocycles. The van der Waals surface area contributed by atoms with Gasteiger partial charge in [0.2, 0.25) is 5.95 Å². The second-order valence-electron chi connectivity index (χ2n) is 3.65. The van der Waals surface area contributed by atoms with Gasteiger partial charge in [-0.05, 0) is 24.1 Å². The summed E-state index contributed by atoms with van der Waals surface area (Å²) in [6.45, 7) is 2.00. The number of nitrogen functional groups attached to an aromatic ring is 2. The van der Waals surface area contributed by atoms with Crippen molar-refractivity contribution in [3.05, 3.63) is 35.0 Å². The van der Waals surface area contributed by atoms with Crippen molar-refractivity contribution in [1.82, 2.24) is 9.97 Å². The number of halogens is 1. The van der Waals surface area contributed by atoms with E-state index >= 15 is 0 Å². The molecule has 0 aliphatic carbocycles. The monoisotopic (exact) mass is 354 g/mol. The van der Waals surface area contributed by atoms with E-state index in [0.717, 1.165) is 23.2 Å². The molecule has 1 aromatic heterocycles. The molecule has 4 nitrogen and oxygen atoms in total. The molecule has 18 heavy (non-hydrogen) atoms. The number of anilines is 2. The van der Waals surface area contributed by atoms with Crippen LogP contribution in [0.3, 0.4) is 0 Å². The van der Waals surface area contributed by atoms with E-state index in [1.54, 1.807) is 0 Å². The summed E-state index contributed by atoms with van der Waals surface area (Å²) in [6, 6.07) is 7.41. The number of rotatable bonds is 2. The van der Waals surface area contributed by atoms with Crippen LogP contribution < -0.4 is 11.5 Å². The molecule has 0 spiro atoms. The van der Waals surface area contributed by atoms with Gasteiger partial charge in [-0.2, -0.15) is 4.98 Å². The van der Waals surface area contributed by atoms with Crippen molar-refractivity contribution in [3.8, 4) is 11.1 Å². The number of nitrogens with two attached hydrogens (primary N) is 2. The summed E-state index contributed by atoms with van der Waals surface area (Å²) in [5, 5.41) is 0.682. The average Bonchev–Trinajstić information content (AvgIpc) is 2.30. The topological polar surface area (TPSA) is 77.8 Å². The molecule has 1 heterocycles. The molecule has 1 aromatic carbocycles. The van der Waals surface area contributed by atoms with Crippen LogP contribution in [0, 0.1) is 0 Å². The third-order valence-corrected chi connectivity index (χ3v) is 2.75. The van der Waals surface area contributed by atoms with Gasteiger partial charge in [0.25, 0.3) is 0 Å². The van der Waals surface area contributed by atoms with Gasteiger partial charge in [0, 0.05) is 31.0 Å². The zero-order valence-electron chi connectivity index (χ0n) is 9.76. The van der Waals surface area contributed by atoms with Crippen molar-refractivity contribution in [2.45, 2.75) is 13.3 Å². The molecular formula is C12H13ClN4Pd. The SMILES string of the molecule is CCc1nc(N)nc(N)c1-c1ccc(Cl)cc1.[Pd]. The van der Waals surface area contributed by atoms with Crippen LogP contribution in [0.4, 0.5) is 11.8 Å². The summed E-state index contributed by atoms with van der Waals surface area (Å²) in [5.41, 5.74) is 14.1. The molecule has 0 radical (unpaired) electrons. The van der Waals surface area contributed by atoms with Crippen molar-refractivity contribution in [3.63, 3.8) is 0 Å². The fourth-order valence-electron chi connectivity index (χ4n) is 1.73. The van der Waals surface area contributed by atoms with Crippen molar-refractivity contribution >= 4 is 23.4 Å². The van der Waals surface area contributed by atoms with E-state index in [4.69, 9.17) is 23.1 Å². The van der Waals surface area contributed by atoms with Gasteiger partial charge in [-0.25, -0.2) is 4.98 Å². The number of aromatic nitrogens is 2. The predicted octanol–water partition coefficient (Wildman–Crippen LogP) is 2.52.